The predicted molar refractivity (Wildman–Crippen MR) is 63.5 cm³/mol. The monoisotopic (exact) mass is 218 g/mol. The van der Waals surface area contributed by atoms with E-state index in [1.54, 1.807) is 38.4 Å². The number of urea groups is 1. The van der Waals surface area contributed by atoms with Crippen LogP contribution in [0, 0.1) is 12.3 Å². The van der Waals surface area contributed by atoms with Crippen molar-refractivity contribution < 1.29 is 9.53 Å². The van der Waals surface area contributed by atoms with E-state index in [9.17, 15) is 4.79 Å². The third-order valence-corrected chi connectivity index (χ3v) is 1.83. The van der Waals surface area contributed by atoms with Crippen LogP contribution in [0.15, 0.2) is 24.3 Å². The van der Waals surface area contributed by atoms with Crippen LogP contribution < -0.4 is 10.1 Å². The summed E-state index contributed by atoms with van der Waals surface area (Å²) in [7, 11) is 3.36. The molecule has 0 aliphatic carbocycles. The van der Waals surface area contributed by atoms with E-state index in [-0.39, 0.29) is 12.6 Å². The minimum Gasteiger partial charge on any atom is -0.481 e. The average Bonchev–Trinajstić information content (AvgIpc) is 2.28. The number of nitrogens with one attached hydrogen (secondary N) is 1. The summed E-state index contributed by atoms with van der Waals surface area (Å²) in [6, 6.07) is 6.85. The molecule has 1 aromatic rings. The molecule has 0 saturated carbocycles. The molecule has 0 heterocycles. The Morgan fingerprint density at radius 3 is 2.56 bits per heavy atom. The van der Waals surface area contributed by atoms with Crippen molar-refractivity contribution in [3.05, 3.63) is 24.3 Å². The van der Waals surface area contributed by atoms with E-state index < -0.39 is 0 Å². The molecule has 16 heavy (non-hydrogen) atoms. The van der Waals surface area contributed by atoms with Gasteiger partial charge in [0.25, 0.3) is 0 Å². The number of terminal acetylenes is 1. The molecule has 1 rings (SSSR count). The van der Waals surface area contributed by atoms with E-state index in [1.165, 1.54) is 4.90 Å². The third-order valence-electron chi connectivity index (χ3n) is 1.83. The Morgan fingerprint density at radius 2 is 2.06 bits per heavy atom. The molecule has 0 spiro atoms. The Labute approximate surface area is 95.2 Å². The predicted octanol–water partition coefficient (Wildman–Crippen LogP) is 1.79. The lowest BCUT2D eigenvalue weighted by Crippen LogP contribution is -2.27. The second-order valence-electron chi connectivity index (χ2n) is 3.34. The average molecular weight is 218 g/mol. The van der Waals surface area contributed by atoms with Crippen molar-refractivity contribution in [1.29, 1.82) is 0 Å². The number of amides is 2. The SMILES string of the molecule is C#CCOc1ccc(NC(=O)N(C)C)cc1. The molecular weight excluding hydrogens is 204 g/mol. The molecule has 4 nitrogen and oxygen atoms in total. The summed E-state index contributed by atoms with van der Waals surface area (Å²) in [6.07, 6.45) is 5.07. The van der Waals surface area contributed by atoms with Gasteiger partial charge in [0.15, 0.2) is 0 Å². The Kier molecular flexibility index (Phi) is 4.22. The molecule has 1 N–H and O–H groups in total. The molecule has 0 bridgehead atoms. The maximum atomic E-state index is 11.3. The number of carbonyl (C=O) groups excluding carboxylic acids is 1. The fourth-order valence-corrected chi connectivity index (χ4v) is 0.995. The van der Waals surface area contributed by atoms with Crippen LogP contribution in [-0.2, 0) is 0 Å². The minimum absolute atomic E-state index is 0.169. The van der Waals surface area contributed by atoms with E-state index >= 15 is 0 Å². The quantitative estimate of drug-likeness (QED) is 0.786. The van der Waals surface area contributed by atoms with Crippen molar-refractivity contribution in [2.75, 3.05) is 26.0 Å². The lowest BCUT2D eigenvalue weighted by molar-refractivity contribution is 0.230. The van der Waals surface area contributed by atoms with E-state index in [0.29, 0.717) is 11.4 Å². The van der Waals surface area contributed by atoms with Crippen molar-refractivity contribution >= 4 is 11.7 Å². The van der Waals surface area contributed by atoms with Crippen LogP contribution in [0.25, 0.3) is 0 Å². The molecule has 84 valence electrons. The topological polar surface area (TPSA) is 41.6 Å². The number of hydrogen-bond acceptors (Lipinski definition) is 2. The Balaban J connectivity index is 2.58. The third kappa shape index (κ3) is 3.54. The molecular formula is C12H14N2O2. The van der Waals surface area contributed by atoms with Crippen LogP contribution in [0.5, 0.6) is 5.75 Å². The van der Waals surface area contributed by atoms with Crippen LogP contribution >= 0.6 is 0 Å². The maximum Gasteiger partial charge on any atom is 0.321 e. The van der Waals surface area contributed by atoms with Gasteiger partial charge in [-0.05, 0) is 24.3 Å². The van der Waals surface area contributed by atoms with Gasteiger partial charge < -0.3 is 15.0 Å². The first-order valence-electron chi connectivity index (χ1n) is 4.78. The lowest BCUT2D eigenvalue weighted by atomic mass is 10.3. The molecule has 0 aliphatic rings. The van der Waals surface area contributed by atoms with Crippen molar-refractivity contribution in [3.63, 3.8) is 0 Å². The largest absolute Gasteiger partial charge is 0.481 e. The Morgan fingerprint density at radius 1 is 1.44 bits per heavy atom. The molecule has 1 aromatic carbocycles. The van der Waals surface area contributed by atoms with Gasteiger partial charge >= 0.3 is 6.03 Å². The molecule has 0 aromatic heterocycles. The molecule has 0 radical (unpaired) electrons. The number of carbonyl (C=O) groups is 1. The summed E-state index contributed by atoms with van der Waals surface area (Å²) in [5, 5.41) is 2.72. The van der Waals surface area contributed by atoms with Crippen molar-refractivity contribution in [1.82, 2.24) is 4.90 Å². The zero-order valence-electron chi connectivity index (χ0n) is 9.36. The minimum atomic E-state index is -0.169. The van der Waals surface area contributed by atoms with Gasteiger partial charge in [-0.25, -0.2) is 4.79 Å². The summed E-state index contributed by atoms with van der Waals surface area (Å²) >= 11 is 0. The Hall–Kier alpha value is -2.15. The van der Waals surface area contributed by atoms with E-state index in [2.05, 4.69) is 11.2 Å². The second-order valence-corrected chi connectivity index (χ2v) is 3.34. The van der Waals surface area contributed by atoms with Gasteiger partial charge in [-0.1, -0.05) is 5.92 Å². The van der Waals surface area contributed by atoms with Crippen molar-refractivity contribution in [2.24, 2.45) is 0 Å². The molecule has 4 heteroatoms. The van der Waals surface area contributed by atoms with Crippen LogP contribution in [-0.4, -0.2) is 31.6 Å². The molecule has 0 fully saturated rings. The van der Waals surface area contributed by atoms with Gasteiger partial charge in [-0.15, -0.1) is 6.42 Å². The summed E-state index contributed by atoms with van der Waals surface area (Å²) in [6.45, 7) is 0.239. The van der Waals surface area contributed by atoms with Crippen LogP contribution in [0.2, 0.25) is 0 Å². The summed E-state index contributed by atoms with van der Waals surface area (Å²) in [5.41, 5.74) is 0.715. The smallest absolute Gasteiger partial charge is 0.321 e. The van der Waals surface area contributed by atoms with Gasteiger partial charge in [-0.3, -0.25) is 0 Å². The summed E-state index contributed by atoms with van der Waals surface area (Å²) in [5.74, 6) is 3.06. The van der Waals surface area contributed by atoms with Crippen molar-refractivity contribution in [2.45, 2.75) is 0 Å². The van der Waals surface area contributed by atoms with Gasteiger partial charge in [0.2, 0.25) is 0 Å². The second kappa shape index (κ2) is 5.66. The number of rotatable bonds is 3. The van der Waals surface area contributed by atoms with Crippen molar-refractivity contribution in [3.8, 4) is 18.1 Å². The highest BCUT2D eigenvalue weighted by atomic mass is 16.5. The highest BCUT2D eigenvalue weighted by Gasteiger charge is 2.03. The van der Waals surface area contributed by atoms with Gasteiger partial charge in [0.05, 0.1) is 0 Å². The number of benzene rings is 1. The first kappa shape index (κ1) is 11.9. The van der Waals surface area contributed by atoms with Gasteiger partial charge in [0, 0.05) is 19.8 Å². The number of nitrogens with zero attached hydrogens (tertiary/aromatic N) is 1. The number of ether oxygens (including phenoxy) is 1. The standard InChI is InChI=1S/C12H14N2O2/c1-4-9-16-11-7-5-10(6-8-11)13-12(15)14(2)3/h1,5-8H,9H2,2-3H3,(H,13,15). The number of anilines is 1. The molecule has 2 amide bonds. The fourth-order valence-electron chi connectivity index (χ4n) is 0.995. The lowest BCUT2D eigenvalue weighted by Gasteiger charge is -2.12. The summed E-state index contributed by atoms with van der Waals surface area (Å²) < 4.78 is 5.20. The first-order valence-corrected chi connectivity index (χ1v) is 4.78. The molecule has 0 aliphatic heterocycles. The van der Waals surface area contributed by atoms with Gasteiger partial charge in [0.1, 0.15) is 12.4 Å². The first-order chi connectivity index (χ1) is 7.63. The molecule has 0 atom stereocenters. The zero-order chi connectivity index (χ0) is 12.0. The van der Waals surface area contributed by atoms with Crippen LogP contribution in [0.3, 0.4) is 0 Å². The van der Waals surface area contributed by atoms with Crippen LogP contribution in [0.1, 0.15) is 0 Å². The highest BCUT2D eigenvalue weighted by molar-refractivity contribution is 5.88. The number of hydrogen-bond donors (Lipinski definition) is 1. The van der Waals surface area contributed by atoms with E-state index in [1.807, 2.05) is 0 Å². The van der Waals surface area contributed by atoms with E-state index in [0.717, 1.165) is 0 Å². The van der Waals surface area contributed by atoms with E-state index in [4.69, 9.17) is 11.2 Å². The van der Waals surface area contributed by atoms with Gasteiger partial charge in [-0.2, -0.15) is 0 Å². The molecule has 0 saturated heterocycles. The normalized spacial score (nSPS) is 9.06. The highest BCUT2D eigenvalue weighted by Crippen LogP contribution is 2.15. The fraction of sp³-hybridized carbons (Fsp3) is 0.250. The van der Waals surface area contributed by atoms with Crippen LogP contribution in [0.4, 0.5) is 10.5 Å². The zero-order valence-corrected chi connectivity index (χ0v) is 9.36. The molecule has 0 unspecified atom stereocenters. The summed E-state index contributed by atoms with van der Waals surface area (Å²) in [4.78, 5) is 12.8. The maximum absolute atomic E-state index is 11.3. The Bertz CT molecular complexity index is 390.